The predicted octanol–water partition coefficient (Wildman–Crippen LogP) is 2.71. The highest BCUT2D eigenvalue weighted by Gasteiger charge is 2.33. The third-order valence-corrected chi connectivity index (χ3v) is 8.00. The van der Waals surface area contributed by atoms with Gasteiger partial charge in [-0.2, -0.15) is 4.31 Å². The molecule has 0 bridgehead atoms. The number of piperazine rings is 1. The summed E-state index contributed by atoms with van der Waals surface area (Å²) in [4.78, 5) is 26.5. The summed E-state index contributed by atoms with van der Waals surface area (Å²) in [5.41, 5.74) is 0.896. The molecule has 1 atom stereocenters. The standard InChI is InChI=1S/C21H22BrN3O5S/c1-2-18-20(26)23-17-13-14(7-8-19(17)30-18)31(28,29)25-11-9-24(10-12-25)21(27)15-5-3-4-6-16(15)22/h3-8,13,18H,2,9-12H2,1H3,(H,23,26)/t18-/m0/s1. The third-order valence-electron chi connectivity index (χ3n) is 5.41. The first-order valence-electron chi connectivity index (χ1n) is 9.97. The number of hydrogen-bond acceptors (Lipinski definition) is 5. The van der Waals surface area contributed by atoms with E-state index in [-0.39, 0.29) is 29.8 Å². The van der Waals surface area contributed by atoms with E-state index in [1.807, 2.05) is 13.0 Å². The SMILES string of the molecule is CC[C@@H]1Oc2ccc(S(=O)(=O)N3CCN(C(=O)c4ccccc4Br)CC3)cc2NC1=O. The number of rotatable bonds is 4. The van der Waals surface area contributed by atoms with Crippen LogP contribution in [0.4, 0.5) is 5.69 Å². The fourth-order valence-electron chi connectivity index (χ4n) is 3.64. The van der Waals surface area contributed by atoms with Crippen LogP contribution in [0.1, 0.15) is 23.7 Å². The molecule has 10 heteroatoms. The Morgan fingerprint density at radius 1 is 1.16 bits per heavy atom. The van der Waals surface area contributed by atoms with Gasteiger partial charge in [0.25, 0.3) is 11.8 Å². The number of hydrogen-bond donors (Lipinski definition) is 1. The molecule has 0 spiro atoms. The first-order chi connectivity index (χ1) is 14.8. The number of nitrogens with one attached hydrogen (secondary N) is 1. The maximum Gasteiger partial charge on any atom is 0.265 e. The van der Waals surface area contributed by atoms with Gasteiger partial charge in [-0.15, -0.1) is 0 Å². The maximum atomic E-state index is 13.1. The van der Waals surface area contributed by atoms with Gasteiger partial charge in [0, 0.05) is 30.7 Å². The van der Waals surface area contributed by atoms with Crippen molar-refractivity contribution in [3.8, 4) is 5.75 Å². The van der Waals surface area contributed by atoms with Crippen molar-refractivity contribution in [2.24, 2.45) is 0 Å². The van der Waals surface area contributed by atoms with Crippen LogP contribution in [0.25, 0.3) is 0 Å². The van der Waals surface area contributed by atoms with E-state index >= 15 is 0 Å². The van der Waals surface area contributed by atoms with Crippen molar-refractivity contribution >= 4 is 43.5 Å². The molecule has 2 aliphatic heterocycles. The minimum absolute atomic E-state index is 0.0793. The zero-order valence-corrected chi connectivity index (χ0v) is 19.3. The summed E-state index contributed by atoms with van der Waals surface area (Å²) >= 11 is 3.39. The Morgan fingerprint density at radius 2 is 1.87 bits per heavy atom. The number of ether oxygens (including phenoxy) is 1. The molecule has 4 rings (SSSR count). The smallest absolute Gasteiger partial charge is 0.265 e. The van der Waals surface area contributed by atoms with E-state index < -0.39 is 16.1 Å². The largest absolute Gasteiger partial charge is 0.478 e. The van der Waals surface area contributed by atoms with Crippen LogP contribution in [-0.2, 0) is 14.8 Å². The number of carbonyl (C=O) groups is 2. The number of amides is 2. The molecule has 0 radical (unpaired) electrons. The Bertz CT molecular complexity index is 1130. The molecule has 164 valence electrons. The Hall–Kier alpha value is -2.43. The fourth-order valence-corrected chi connectivity index (χ4v) is 5.55. The number of halogens is 1. The van der Waals surface area contributed by atoms with E-state index in [1.54, 1.807) is 29.2 Å². The Morgan fingerprint density at radius 3 is 2.55 bits per heavy atom. The molecule has 0 aliphatic carbocycles. The average Bonchev–Trinajstić information content (AvgIpc) is 2.78. The van der Waals surface area contributed by atoms with Gasteiger partial charge in [-0.3, -0.25) is 9.59 Å². The van der Waals surface area contributed by atoms with E-state index in [1.165, 1.54) is 16.4 Å². The van der Waals surface area contributed by atoms with Gasteiger partial charge in [-0.25, -0.2) is 8.42 Å². The lowest BCUT2D eigenvalue weighted by molar-refractivity contribution is -0.123. The molecule has 0 saturated carbocycles. The van der Waals surface area contributed by atoms with Crippen molar-refractivity contribution in [2.75, 3.05) is 31.5 Å². The van der Waals surface area contributed by atoms with Gasteiger partial charge < -0.3 is 15.0 Å². The van der Waals surface area contributed by atoms with Gasteiger partial charge in [-0.05, 0) is 52.7 Å². The molecule has 1 N–H and O–H groups in total. The summed E-state index contributed by atoms with van der Waals surface area (Å²) < 4.78 is 34.0. The first kappa shape index (κ1) is 21.8. The summed E-state index contributed by atoms with van der Waals surface area (Å²) in [6.07, 6.45) is -0.0568. The van der Waals surface area contributed by atoms with Crippen LogP contribution in [0.3, 0.4) is 0 Å². The zero-order chi connectivity index (χ0) is 22.2. The fraction of sp³-hybridized carbons (Fsp3) is 0.333. The predicted molar refractivity (Wildman–Crippen MR) is 119 cm³/mol. The van der Waals surface area contributed by atoms with Gasteiger partial charge in [-0.1, -0.05) is 19.1 Å². The van der Waals surface area contributed by atoms with E-state index in [2.05, 4.69) is 21.2 Å². The van der Waals surface area contributed by atoms with Crippen LogP contribution in [-0.4, -0.2) is 61.7 Å². The molecule has 2 aromatic rings. The second-order valence-electron chi connectivity index (χ2n) is 7.34. The monoisotopic (exact) mass is 507 g/mol. The van der Waals surface area contributed by atoms with E-state index in [9.17, 15) is 18.0 Å². The number of benzene rings is 2. The van der Waals surface area contributed by atoms with E-state index in [4.69, 9.17) is 4.74 Å². The van der Waals surface area contributed by atoms with Crippen molar-refractivity contribution in [3.05, 3.63) is 52.5 Å². The highest BCUT2D eigenvalue weighted by atomic mass is 79.9. The lowest BCUT2D eigenvalue weighted by Crippen LogP contribution is -2.50. The highest BCUT2D eigenvalue weighted by Crippen LogP contribution is 2.33. The van der Waals surface area contributed by atoms with Crippen molar-refractivity contribution in [2.45, 2.75) is 24.3 Å². The summed E-state index contributed by atoms with van der Waals surface area (Å²) in [6, 6.07) is 11.6. The molecule has 8 nitrogen and oxygen atoms in total. The summed E-state index contributed by atoms with van der Waals surface area (Å²) in [6.45, 7) is 2.81. The minimum atomic E-state index is -3.77. The van der Waals surface area contributed by atoms with Crippen molar-refractivity contribution < 1.29 is 22.7 Å². The zero-order valence-electron chi connectivity index (χ0n) is 16.9. The molecule has 2 aliphatic rings. The molecule has 0 unspecified atom stereocenters. The van der Waals surface area contributed by atoms with Gasteiger partial charge in [0.15, 0.2) is 6.10 Å². The van der Waals surface area contributed by atoms with Gasteiger partial charge in [0.2, 0.25) is 10.0 Å². The second-order valence-corrected chi connectivity index (χ2v) is 10.1. The van der Waals surface area contributed by atoms with Crippen LogP contribution >= 0.6 is 15.9 Å². The number of anilines is 1. The average molecular weight is 508 g/mol. The van der Waals surface area contributed by atoms with Crippen LogP contribution < -0.4 is 10.1 Å². The van der Waals surface area contributed by atoms with Gasteiger partial charge in [0.05, 0.1) is 16.1 Å². The number of fused-ring (bicyclic) bond motifs is 1. The molecule has 2 heterocycles. The molecule has 31 heavy (non-hydrogen) atoms. The first-order valence-corrected chi connectivity index (χ1v) is 12.2. The number of nitrogens with zero attached hydrogens (tertiary/aromatic N) is 2. The molecule has 1 fully saturated rings. The van der Waals surface area contributed by atoms with Crippen LogP contribution in [0, 0.1) is 0 Å². The Labute approximate surface area is 189 Å². The quantitative estimate of drug-likeness (QED) is 0.686. The number of carbonyl (C=O) groups excluding carboxylic acids is 2. The van der Waals surface area contributed by atoms with E-state index in [0.717, 1.165) is 0 Å². The second kappa shape index (κ2) is 8.60. The highest BCUT2D eigenvalue weighted by molar-refractivity contribution is 9.10. The van der Waals surface area contributed by atoms with Crippen LogP contribution in [0.15, 0.2) is 51.8 Å². The molecular weight excluding hydrogens is 486 g/mol. The molecule has 2 aromatic carbocycles. The van der Waals surface area contributed by atoms with Crippen LogP contribution in [0.5, 0.6) is 5.75 Å². The maximum absolute atomic E-state index is 13.1. The lowest BCUT2D eigenvalue weighted by Gasteiger charge is -2.34. The van der Waals surface area contributed by atoms with Crippen LogP contribution in [0.2, 0.25) is 0 Å². The normalized spacial score (nSPS) is 19.4. The molecule has 0 aromatic heterocycles. The van der Waals surface area contributed by atoms with Crippen molar-refractivity contribution in [1.82, 2.24) is 9.21 Å². The molecular formula is C21H22BrN3O5S. The molecule has 2 amide bonds. The topological polar surface area (TPSA) is 96.0 Å². The summed E-state index contributed by atoms with van der Waals surface area (Å²) in [7, 11) is -3.77. The summed E-state index contributed by atoms with van der Waals surface area (Å²) in [5, 5.41) is 2.72. The van der Waals surface area contributed by atoms with Crippen molar-refractivity contribution in [3.63, 3.8) is 0 Å². The Balaban J connectivity index is 1.47. The minimum Gasteiger partial charge on any atom is -0.478 e. The third kappa shape index (κ3) is 4.19. The Kier molecular flexibility index (Phi) is 6.05. The van der Waals surface area contributed by atoms with Gasteiger partial charge in [0.1, 0.15) is 5.75 Å². The van der Waals surface area contributed by atoms with E-state index in [0.29, 0.717) is 41.0 Å². The van der Waals surface area contributed by atoms with Crippen molar-refractivity contribution in [1.29, 1.82) is 0 Å². The van der Waals surface area contributed by atoms with Gasteiger partial charge >= 0.3 is 0 Å². The summed E-state index contributed by atoms with van der Waals surface area (Å²) in [5.74, 6) is 0.0293. The lowest BCUT2D eigenvalue weighted by atomic mass is 10.2. The number of sulfonamides is 1. The molecule has 1 saturated heterocycles.